The Morgan fingerprint density at radius 2 is 0.753 bits per heavy atom. The number of thiophene rings is 1. The van der Waals surface area contributed by atoms with E-state index >= 15 is 0 Å². The van der Waals surface area contributed by atoms with Crippen LogP contribution in [0.1, 0.15) is 0 Å². The summed E-state index contributed by atoms with van der Waals surface area (Å²) >= 11 is 1.92. The smallest absolute Gasteiger partial charge is 0.297 e. The Morgan fingerprint density at radius 3 is 1.32 bits per heavy atom. The Labute approximate surface area is 425 Å². The lowest BCUT2D eigenvalue weighted by Crippen LogP contribution is -2.61. The summed E-state index contributed by atoms with van der Waals surface area (Å²) in [6.45, 7) is -0.245. The zero-order valence-corrected chi connectivity index (χ0v) is 39.9. The molecule has 9 heteroatoms. The maximum atomic E-state index is 7.24. The Balaban J connectivity index is 0.960. The number of hydrogen-bond donors (Lipinski definition) is 0. The summed E-state index contributed by atoms with van der Waals surface area (Å²) in [6.07, 6.45) is 0. The van der Waals surface area contributed by atoms with Gasteiger partial charge in [-0.25, -0.2) is 0 Å². The van der Waals surface area contributed by atoms with E-state index in [9.17, 15) is 0 Å². The second-order valence-electron chi connectivity index (χ2n) is 19.5. The molecule has 6 nitrogen and oxygen atoms in total. The van der Waals surface area contributed by atoms with Gasteiger partial charge in [0.25, 0.3) is 13.4 Å². The van der Waals surface area contributed by atoms with Gasteiger partial charge >= 0.3 is 0 Å². The van der Waals surface area contributed by atoms with Crippen LogP contribution in [0.2, 0.25) is 0 Å². The lowest BCUT2D eigenvalue weighted by molar-refractivity contribution is 0.651. The second-order valence-corrected chi connectivity index (χ2v) is 20.6. The van der Waals surface area contributed by atoms with Gasteiger partial charge in [0.2, 0.25) is 0 Å². The van der Waals surface area contributed by atoms with Crippen LogP contribution in [-0.2, 0) is 0 Å². The molecular formula is C64H38B2N4O2S. The molecule has 0 radical (unpaired) electrons. The number of fused-ring (bicyclic) bond motifs is 15. The van der Waals surface area contributed by atoms with Crippen LogP contribution in [0.4, 0.5) is 68.2 Å². The van der Waals surface area contributed by atoms with E-state index in [1.807, 2.05) is 11.3 Å². The van der Waals surface area contributed by atoms with E-state index in [1.165, 1.54) is 53.8 Å². The van der Waals surface area contributed by atoms with Gasteiger partial charge in [0.1, 0.15) is 16.7 Å². The van der Waals surface area contributed by atoms with Crippen LogP contribution in [0.15, 0.2) is 239 Å². The van der Waals surface area contributed by atoms with Crippen LogP contribution in [-0.4, -0.2) is 13.4 Å². The second kappa shape index (κ2) is 14.7. The van der Waals surface area contributed by atoms with E-state index < -0.39 is 0 Å². The molecule has 7 heterocycles. The van der Waals surface area contributed by atoms with Crippen LogP contribution < -0.4 is 51.9 Å². The number of furan rings is 2. The molecule has 0 aliphatic carbocycles. The largest absolute Gasteiger partial charge is 0.468 e. The molecule has 4 aliphatic rings. The molecule has 0 saturated carbocycles. The molecule has 17 rings (SSSR count). The molecule has 73 heavy (non-hydrogen) atoms. The average molecular weight is 949 g/mol. The van der Waals surface area contributed by atoms with Crippen molar-refractivity contribution in [2.24, 2.45) is 0 Å². The van der Waals surface area contributed by atoms with Gasteiger partial charge in [-0.1, -0.05) is 127 Å². The van der Waals surface area contributed by atoms with E-state index in [0.717, 1.165) is 89.8 Å². The Hall–Kier alpha value is -9.17. The third-order valence-corrected chi connectivity index (χ3v) is 17.0. The zero-order valence-electron chi connectivity index (χ0n) is 39.1. The van der Waals surface area contributed by atoms with Gasteiger partial charge in [0, 0.05) is 100 Å². The van der Waals surface area contributed by atoms with Crippen LogP contribution in [0.3, 0.4) is 0 Å². The van der Waals surface area contributed by atoms with Gasteiger partial charge in [-0.05, 0) is 113 Å². The summed E-state index contributed by atoms with van der Waals surface area (Å²) in [7, 11) is 0. The summed E-state index contributed by atoms with van der Waals surface area (Å²) in [5.74, 6) is 0. The highest BCUT2D eigenvalue weighted by molar-refractivity contribution is 7.33. The minimum Gasteiger partial charge on any atom is -0.468 e. The fourth-order valence-corrected chi connectivity index (χ4v) is 14.2. The van der Waals surface area contributed by atoms with E-state index in [2.05, 4.69) is 250 Å². The third-order valence-electron chi connectivity index (χ3n) is 15.8. The quantitative estimate of drug-likeness (QED) is 0.164. The van der Waals surface area contributed by atoms with Crippen LogP contribution in [0, 0.1) is 0 Å². The van der Waals surface area contributed by atoms with Crippen molar-refractivity contribution in [2.75, 3.05) is 19.6 Å². The summed E-state index contributed by atoms with van der Waals surface area (Å²) in [6, 6.07) is 83.7. The first-order valence-corrected chi connectivity index (χ1v) is 25.8. The molecule has 0 amide bonds. The molecule has 0 unspecified atom stereocenters. The highest BCUT2D eigenvalue weighted by Crippen LogP contribution is 2.51. The molecule has 0 bridgehead atoms. The van der Waals surface area contributed by atoms with Gasteiger partial charge in [-0.3, -0.25) is 0 Å². The number of rotatable bonds is 4. The van der Waals surface area contributed by atoms with Crippen molar-refractivity contribution in [1.29, 1.82) is 0 Å². The molecule has 10 aromatic carbocycles. The SMILES string of the molecule is c1ccc(N2c3cc4oc5cc6c(cc5c4cc3B3c4oc5ccccc5c4N(c4ccccc4)c4cccc2c43)B2c3sc4ccccc4c3N(c3ccccc3)c3cccc(c32)N6c2ccccc2)cc1. The summed E-state index contributed by atoms with van der Waals surface area (Å²) in [5.41, 5.74) is 22.0. The van der Waals surface area contributed by atoms with Crippen molar-refractivity contribution < 1.29 is 8.83 Å². The summed E-state index contributed by atoms with van der Waals surface area (Å²) in [4.78, 5) is 9.81. The zero-order chi connectivity index (χ0) is 47.5. The predicted octanol–water partition coefficient (Wildman–Crippen LogP) is 13.7. The Bertz CT molecular complexity index is 4160. The highest BCUT2D eigenvalue weighted by atomic mass is 32.1. The molecule has 0 fully saturated rings. The lowest BCUT2D eigenvalue weighted by atomic mass is 9.35. The Morgan fingerprint density at radius 1 is 0.315 bits per heavy atom. The standard InChI is InChI=1S/C64H38B2N4O2S/c1-5-19-39(20-6-1)67-49-29-17-31-51-59(49)65(63-61(43-27-13-15-33-55(43)72-63)69(51)41-23-9-3-10-24-41)47-35-45-46-36-48-54(38-57(46)71-56(45)37-53(47)67)68(40-21-7-2-8-22-40)50-30-18-32-52-60(50)66(48)64-62(44-28-14-16-34-58(44)73-64)70(52)42-25-11-4-12-26-42/h1-38H. The van der Waals surface area contributed by atoms with Gasteiger partial charge in [-0.15, -0.1) is 11.3 Å². The number of nitrogens with zero attached hydrogens (tertiary/aromatic N) is 4. The number of para-hydroxylation sites is 5. The van der Waals surface area contributed by atoms with Gasteiger partial charge in [0.05, 0.1) is 17.0 Å². The first kappa shape index (κ1) is 39.5. The summed E-state index contributed by atoms with van der Waals surface area (Å²) < 4.78 is 17.0. The van der Waals surface area contributed by atoms with E-state index in [1.54, 1.807) is 0 Å². The fraction of sp³-hybridized carbons (Fsp3) is 0. The van der Waals surface area contributed by atoms with E-state index in [0.29, 0.717) is 0 Å². The molecule has 0 atom stereocenters. The lowest BCUT2D eigenvalue weighted by Gasteiger charge is -2.43. The van der Waals surface area contributed by atoms with E-state index in [-0.39, 0.29) is 13.4 Å². The molecule has 3 aromatic heterocycles. The van der Waals surface area contributed by atoms with Gasteiger partial charge < -0.3 is 28.4 Å². The molecule has 0 N–H and O–H groups in total. The molecule has 0 spiro atoms. The minimum atomic E-state index is -0.207. The molecule has 0 saturated heterocycles. The maximum Gasteiger partial charge on any atom is 0.297 e. The van der Waals surface area contributed by atoms with Crippen molar-refractivity contribution in [2.45, 2.75) is 0 Å². The van der Waals surface area contributed by atoms with Crippen molar-refractivity contribution in [3.63, 3.8) is 0 Å². The molecule has 13 aromatic rings. The first-order valence-electron chi connectivity index (χ1n) is 25.0. The van der Waals surface area contributed by atoms with Crippen LogP contribution in [0.25, 0.3) is 43.0 Å². The van der Waals surface area contributed by atoms with Crippen LogP contribution in [0.5, 0.6) is 0 Å². The molecular weight excluding hydrogens is 910 g/mol. The van der Waals surface area contributed by atoms with Crippen molar-refractivity contribution in [3.8, 4) is 0 Å². The molecule has 4 aliphatic heterocycles. The number of benzene rings is 10. The maximum absolute atomic E-state index is 7.24. The van der Waals surface area contributed by atoms with Crippen molar-refractivity contribution in [1.82, 2.24) is 0 Å². The normalized spacial score (nSPS) is 13.9. The van der Waals surface area contributed by atoms with Gasteiger partial charge in [0.15, 0.2) is 0 Å². The number of anilines is 12. The fourth-order valence-electron chi connectivity index (χ4n) is 12.9. The Kier molecular flexibility index (Phi) is 7.96. The topological polar surface area (TPSA) is 39.2 Å². The number of hydrogen-bond acceptors (Lipinski definition) is 7. The first-order chi connectivity index (χ1) is 36.2. The van der Waals surface area contributed by atoms with Crippen LogP contribution >= 0.6 is 11.3 Å². The summed E-state index contributed by atoms with van der Waals surface area (Å²) in [5, 5.41) is 4.53. The van der Waals surface area contributed by atoms with Crippen molar-refractivity contribution >= 4 is 168 Å². The van der Waals surface area contributed by atoms with Crippen molar-refractivity contribution in [3.05, 3.63) is 231 Å². The minimum absolute atomic E-state index is 0.0380. The molecule has 338 valence electrons. The third kappa shape index (κ3) is 5.33. The predicted molar refractivity (Wildman–Crippen MR) is 307 cm³/mol. The van der Waals surface area contributed by atoms with Gasteiger partial charge in [-0.2, -0.15) is 0 Å². The average Bonchev–Trinajstić information content (AvgIpc) is 4.18. The highest BCUT2D eigenvalue weighted by Gasteiger charge is 2.48. The monoisotopic (exact) mass is 948 g/mol. The van der Waals surface area contributed by atoms with E-state index in [4.69, 9.17) is 8.83 Å².